The van der Waals surface area contributed by atoms with E-state index in [9.17, 15) is 4.79 Å². The van der Waals surface area contributed by atoms with E-state index in [1.165, 1.54) is 11.1 Å². The van der Waals surface area contributed by atoms with Crippen LogP contribution in [-0.2, 0) is 6.42 Å². The number of amides is 1. The van der Waals surface area contributed by atoms with E-state index in [1.54, 1.807) is 0 Å². The van der Waals surface area contributed by atoms with Crippen LogP contribution in [-0.4, -0.2) is 5.91 Å². The summed E-state index contributed by atoms with van der Waals surface area (Å²) in [5.41, 5.74) is 9.67. The minimum Gasteiger partial charge on any atom is -0.399 e. The zero-order valence-electron chi connectivity index (χ0n) is 10.9. The van der Waals surface area contributed by atoms with Crippen LogP contribution in [0.15, 0.2) is 46.9 Å². The van der Waals surface area contributed by atoms with Gasteiger partial charge in [0, 0.05) is 15.7 Å². The molecule has 0 aromatic heterocycles. The van der Waals surface area contributed by atoms with Gasteiger partial charge in [0.05, 0.1) is 6.04 Å². The van der Waals surface area contributed by atoms with Crippen molar-refractivity contribution in [3.05, 3.63) is 63.6 Å². The highest BCUT2D eigenvalue weighted by Crippen LogP contribution is 2.32. The first-order valence-corrected chi connectivity index (χ1v) is 7.37. The fraction of sp³-hybridized carbons (Fsp3) is 0.188. The van der Waals surface area contributed by atoms with Gasteiger partial charge in [0.1, 0.15) is 0 Å². The number of carbonyl (C=O) groups is 1. The predicted molar refractivity (Wildman–Crippen MR) is 83.5 cm³/mol. The van der Waals surface area contributed by atoms with Crippen LogP contribution in [0.3, 0.4) is 0 Å². The van der Waals surface area contributed by atoms with E-state index in [1.807, 2.05) is 42.5 Å². The van der Waals surface area contributed by atoms with Crippen molar-refractivity contribution in [1.82, 2.24) is 5.32 Å². The van der Waals surface area contributed by atoms with Crippen LogP contribution in [0.4, 0.5) is 5.69 Å². The van der Waals surface area contributed by atoms with E-state index in [-0.39, 0.29) is 11.9 Å². The maximum absolute atomic E-state index is 12.3. The van der Waals surface area contributed by atoms with Gasteiger partial charge in [-0.2, -0.15) is 0 Å². The van der Waals surface area contributed by atoms with Gasteiger partial charge in [0.25, 0.3) is 5.91 Å². The molecule has 1 aliphatic rings. The third-order valence-corrected chi connectivity index (χ3v) is 4.13. The predicted octanol–water partition coefficient (Wildman–Crippen LogP) is 3.45. The van der Waals surface area contributed by atoms with Crippen molar-refractivity contribution in [2.45, 2.75) is 18.9 Å². The van der Waals surface area contributed by atoms with Gasteiger partial charge in [-0.25, -0.2) is 0 Å². The molecular formula is C16H15BrN2O. The minimum absolute atomic E-state index is 0.0408. The second-order valence-electron chi connectivity index (χ2n) is 5.03. The molecule has 1 aliphatic carbocycles. The largest absolute Gasteiger partial charge is 0.399 e. The SMILES string of the molecule is Nc1ccc2c(c1)CCC2NC(=O)c1cccc(Br)c1. The molecule has 0 saturated heterocycles. The molecular weight excluding hydrogens is 316 g/mol. The number of rotatable bonds is 2. The average molecular weight is 331 g/mol. The molecule has 0 radical (unpaired) electrons. The topological polar surface area (TPSA) is 55.1 Å². The molecule has 0 fully saturated rings. The highest BCUT2D eigenvalue weighted by molar-refractivity contribution is 9.10. The van der Waals surface area contributed by atoms with E-state index >= 15 is 0 Å². The van der Waals surface area contributed by atoms with Gasteiger partial charge in [-0.1, -0.05) is 28.1 Å². The van der Waals surface area contributed by atoms with Gasteiger partial charge in [0.2, 0.25) is 0 Å². The molecule has 0 bridgehead atoms. The van der Waals surface area contributed by atoms with Crippen LogP contribution in [0, 0.1) is 0 Å². The monoisotopic (exact) mass is 330 g/mol. The molecule has 4 heteroatoms. The summed E-state index contributed by atoms with van der Waals surface area (Å²) in [6.45, 7) is 0. The zero-order valence-corrected chi connectivity index (χ0v) is 12.5. The van der Waals surface area contributed by atoms with Crippen LogP contribution >= 0.6 is 15.9 Å². The molecule has 0 aliphatic heterocycles. The minimum atomic E-state index is -0.0408. The lowest BCUT2D eigenvalue weighted by Gasteiger charge is -2.14. The normalized spacial score (nSPS) is 16.8. The fourth-order valence-electron chi connectivity index (χ4n) is 2.66. The van der Waals surface area contributed by atoms with Gasteiger partial charge in [-0.15, -0.1) is 0 Å². The summed E-state index contributed by atoms with van der Waals surface area (Å²) in [6, 6.07) is 13.4. The van der Waals surface area contributed by atoms with E-state index < -0.39 is 0 Å². The standard InChI is InChI=1S/C16H15BrN2O/c17-12-3-1-2-11(8-12)16(20)19-15-7-4-10-9-13(18)5-6-14(10)15/h1-3,5-6,8-9,15H,4,7,18H2,(H,19,20). The average Bonchev–Trinajstić information content (AvgIpc) is 2.81. The van der Waals surface area contributed by atoms with E-state index in [0.29, 0.717) is 5.56 Å². The smallest absolute Gasteiger partial charge is 0.251 e. The Morgan fingerprint density at radius 1 is 1.25 bits per heavy atom. The number of fused-ring (bicyclic) bond motifs is 1. The second-order valence-corrected chi connectivity index (χ2v) is 5.95. The van der Waals surface area contributed by atoms with Crippen LogP contribution in [0.5, 0.6) is 0 Å². The molecule has 0 heterocycles. The molecule has 102 valence electrons. The third kappa shape index (κ3) is 2.56. The Balaban J connectivity index is 1.79. The summed E-state index contributed by atoms with van der Waals surface area (Å²) < 4.78 is 0.907. The van der Waals surface area contributed by atoms with Crippen molar-refractivity contribution in [2.75, 3.05) is 5.73 Å². The summed E-state index contributed by atoms with van der Waals surface area (Å²) in [6.07, 6.45) is 1.89. The van der Waals surface area contributed by atoms with Gasteiger partial charge in [-0.05, 0) is 54.3 Å². The van der Waals surface area contributed by atoms with E-state index in [2.05, 4.69) is 21.2 Å². The Morgan fingerprint density at radius 2 is 2.10 bits per heavy atom. The fourth-order valence-corrected chi connectivity index (χ4v) is 3.06. The third-order valence-electron chi connectivity index (χ3n) is 3.64. The zero-order chi connectivity index (χ0) is 14.1. The highest BCUT2D eigenvalue weighted by Gasteiger charge is 2.24. The maximum Gasteiger partial charge on any atom is 0.251 e. The van der Waals surface area contributed by atoms with Crippen LogP contribution in [0.1, 0.15) is 33.9 Å². The second kappa shape index (κ2) is 5.29. The molecule has 2 aromatic carbocycles. The lowest BCUT2D eigenvalue weighted by atomic mass is 10.1. The summed E-state index contributed by atoms with van der Waals surface area (Å²) in [4.78, 5) is 12.3. The highest BCUT2D eigenvalue weighted by atomic mass is 79.9. The summed E-state index contributed by atoms with van der Waals surface area (Å²) in [5, 5.41) is 3.10. The number of halogens is 1. The Labute approximate surface area is 126 Å². The first-order chi connectivity index (χ1) is 9.63. The lowest BCUT2D eigenvalue weighted by Crippen LogP contribution is -2.27. The Bertz CT molecular complexity index is 669. The number of nitrogens with two attached hydrogens (primary N) is 1. The van der Waals surface area contributed by atoms with Crippen molar-refractivity contribution in [2.24, 2.45) is 0 Å². The van der Waals surface area contributed by atoms with Crippen LogP contribution in [0.2, 0.25) is 0 Å². The molecule has 0 spiro atoms. The van der Waals surface area contributed by atoms with Crippen molar-refractivity contribution < 1.29 is 4.79 Å². The van der Waals surface area contributed by atoms with Crippen molar-refractivity contribution in [1.29, 1.82) is 0 Å². The number of nitrogens with one attached hydrogen (secondary N) is 1. The summed E-state index contributed by atoms with van der Waals surface area (Å²) in [7, 11) is 0. The number of nitrogen functional groups attached to an aromatic ring is 1. The van der Waals surface area contributed by atoms with Gasteiger partial charge in [0.15, 0.2) is 0 Å². The van der Waals surface area contributed by atoms with Crippen molar-refractivity contribution >= 4 is 27.5 Å². The summed E-state index contributed by atoms with van der Waals surface area (Å²) >= 11 is 3.38. The number of hydrogen-bond acceptors (Lipinski definition) is 2. The Kier molecular flexibility index (Phi) is 3.49. The van der Waals surface area contributed by atoms with Gasteiger partial charge in [-0.3, -0.25) is 4.79 Å². The Morgan fingerprint density at radius 3 is 2.90 bits per heavy atom. The number of aryl methyl sites for hydroxylation is 1. The van der Waals surface area contributed by atoms with E-state index in [0.717, 1.165) is 23.0 Å². The quantitative estimate of drug-likeness (QED) is 0.828. The van der Waals surface area contributed by atoms with E-state index in [4.69, 9.17) is 5.73 Å². The van der Waals surface area contributed by atoms with Crippen LogP contribution in [0.25, 0.3) is 0 Å². The molecule has 1 amide bonds. The molecule has 3 nitrogen and oxygen atoms in total. The number of anilines is 1. The molecule has 0 saturated carbocycles. The molecule has 1 atom stereocenters. The van der Waals surface area contributed by atoms with Crippen molar-refractivity contribution in [3.8, 4) is 0 Å². The first-order valence-electron chi connectivity index (χ1n) is 6.58. The Hall–Kier alpha value is -1.81. The molecule has 3 rings (SSSR count). The molecule has 20 heavy (non-hydrogen) atoms. The summed E-state index contributed by atoms with van der Waals surface area (Å²) in [5.74, 6) is -0.0408. The molecule has 1 unspecified atom stereocenters. The molecule has 2 aromatic rings. The molecule has 3 N–H and O–H groups in total. The number of carbonyl (C=O) groups excluding carboxylic acids is 1. The van der Waals surface area contributed by atoms with Crippen LogP contribution < -0.4 is 11.1 Å². The van der Waals surface area contributed by atoms with Gasteiger partial charge < -0.3 is 11.1 Å². The number of benzene rings is 2. The first kappa shape index (κ1) is 13.2. The number of hydrogen-bond donors (Lipinski definition) is 2. The maximum atomic E-state index is 12.3. The lowest BCUT2D eigenvalue weighted by molar-refractivity contribution is 0.0936. The van der Waals surface area contributed by atoms with Gasteiger partial charge >= 0.3 is 0 Å². The van der Waals surface area contributed by atoms with Crippen molar-refractivity contribution in [3.63, 3.8) is 0 Å².